The van der Waals surface area contributed by atoms with Gasteiger partial charge in [0.15, 0.2) is 0 Å². The van der Waals surface area contributed by atoms with Gasteiger partial charge in [0.1, 0.15) is 0 Å². The van der Waals surface area contributed by atoms with E-state index in [1.54, 1.807) is 31.3 Å². The Kier molecular flexibility index (Phi) is 4.32. The summed E-state index contributed by atoms with van der Waals surface area (Å²) in [4.78, 5) is 22.5. The maximum atomic E-state index is 11.6. The van der Waals surface area contributed by atoms with E-state index in [0.717, 1.165) is 5.69 Å². The highest BCUT2D eigenvalue weighted by atomic mass is 16.2. The van der Waals surface area contributed by atoms with E-state index in [0.29, 0.717) is 5.56 Å². The Morgan fingerprint density at radius 1 is 1.12 bits per heavy atom. The van der Waals surface area contributed by atoms with Gasteiger partial charge in [0.25, 0.3) is 5.91 Å². The van der Waals surface area contributed by atoms with Gasteiger partial charge >= 0.3 is 0 Å². The molecular formula is C11H15N3O2. The van der Waals surface area contributed by atoms with E-state index < -0.39 is 0 Å². The second-order valence-electron chi connectivity index (χ2n) is 3.18. The molecule has 0 aromatic heterocycles. The Hall–Kier alpha value is -2.04. The number of carbonyl (C=O) groups excluding carboxylic acids is 2. The van der Waals surface area contributed by atoms with Gasteiger partial charge in [0.2, 0.25) is 5.91 Å². The summed E-state index contributed by atoms with van der Waals surface area (Å²) >= 11 is 0. The lowest BCUT2D eigenvalue weighted by molar-refractivity contribution is -0.119. The summed E-state index contributed by atoms with van der Waals surface area (Å²) in [5, 5.41) is 7.90. The lowest BCUT2D eigenvalue weighted by atomic mass is 10.2. The van der Waals surface area contributed by atoms with Crippen LogP contribution in [0.5, 0.6) is 0 Å². The van der Waals surface area contributed by atoms with Gasteiger partial charge in [-0.05, 0) is 24.3 Å². The van der Waals surface area contributed by atoms with E-state index in [-0.39, 0.29) is 18.4 Å². The van der Waals surface area contributed by atoms with E-state index in [2.05, 4.69) is 16.0 Å². The lowest BCUT2D eigenvalue weighted by Gasteiger charge is -2.05. The number of amides is 2. The van der Waals surface area contributed by atoms with Crippen molar-refractivity contribution >= 4 is 17.5 Å². The fraction of sp³-hybridized carbons (Fsp3) is 0.273. The minimum absolute atomic E-state index is 0.0108. The van der Waals surface area contributed by atoms with Gasteiger partial charge in [0, 0.05) is 25.3 Å². The van der Waals surface area contributed by atoms with Crippen LogP contribution in [-0.2, 0) is 4.79 Å². The number of likely N-dealkylation sites (N-methyl/N-ethyl adjacent to an activating group) is 1. The molecule has 0 heterocycles. The summed E-state index contributed by atoms with van der Waals surface area (Å²) in [6, 6.07) is 7.00. The zero-order valence-electron chi connectivity index (χ0n) is 9.33. The Morgan fingerprint density at radius 3 is 2.25 bits per heavy atom. The number of hydrogen-bond acceptors (Lipinski definition) is 3. The SMILES string of the molecule is CNC(=O)CNC(=O)c1ccc(NC)cc1. The molecule has 0 radical (unpaired) electrons. The predicted octanol–water partition coefficient (Wildman–Crippen LogP) is 0.204. The fourth-order valence-electron chi connectivity index (χ4n) is 1.14. The van der Waals surface area contributed by atoms with E-state index in [1.165, 1.54) is 7.05 Å². The van der Waals surface area contributed by atoms with E-state index in [4.69, 9.17) is 0 Å². The van der Waals surface area contributed by atoms with Crippen molar-refractivity contribution in [2.45, 2.75) is 0 Å². The topological polar surface area (TPSA) is 70.2 Å². The molecule has 0 atom stereocenters. The Bertz CT molecular complexity index is 373. The van der Waals surface area contributed by atoms with Crippen LogP contribution in [0, 0.1) is 0 Å². The highest BCUT2D eigenvalue weighted by Crippen LogP contribution is 2.07. The van der Waals surface area contributed by atoms with Gasteiger partial charge in [-0.2, -0.15) is 0 Å². The van der Waals surface area contributed by atoms with Crippen molar-refractivity contribution in [3.05, 3.63) is 29.8 Å². The first kappa shape index (κ1) is 12.0. The molecule has 3 N–H and O–H groups in total. The first-order valence-electron chi connectivity index (χ1n) is 4.94. The molecule has 5 heteroatoms. The van der Waals surface area contributed by atoms with E-state index in [1.807, 2.05) is 0 Å². The van der Waals surface area contributed by atoms with Crippen molar-refractivity contribution in [1.29, 1.82) is 0 Å². The van der Waals surface area contributed by atoms with Crippen molar-refractivity contribution < 1.29 is 9.59 Å². The average Bonchev–Trinajstić information content (AvgIpc) is 2.35. The van der Waals surface area contributed by atoms with Crippen LogP contribution in [0.15, 0.2) is 24.3 Å². The third kappa shape index (κ3) is 3.27. The number of carbonyl (C=O) groups is 2. The molecule has 0 saturated heterocycles. The Balaban J connectivity index is 2.56. The van der Waals surface area contributed by atoms with Crippen molar-refractivity contribution in [2.24, 2.45) is 0 Å². The van der Waals surface area contributed by atoms with E-state index in [9.17, 15) is 9.59 Å². The Labute approximate surface area is 94.2 Å². The molecule has 0 saturated carbocycles. The van der Waals surface area contributed by atoms with Gasteiger partial charge in [-0.3, -0.25) is 9.59 Å². The van der Waals surface area contributed by atoms with Gasteiger partial charge in [-0.25, -0.2) is 0 Å². The quantitative estimate of drug-likeness (QED) is 0.680. The number of hydrogen-bond donors (Lipinski definition) is 3. The summed E-state index contributed by atoms with van der Waals surface area (Å²) in [6.45, 7) is -0.0108. The molecule has 1 aromatic rings. The molecule has 0 aliphatic carbocycles. The molecule has 1 aromatic carbocycles. The molecule has 0 fully saturated rings. The highest BCUT2D eigenvalue weighted by molar-refractivity contribution is 5.96. The second-order valence-corrected chi connectivity index (χ2v) is 3.18. The van der Waals surface area contributed by atoms with Gasteiger partial charge < -0.3 is 16.0 Å². The number of benzene rings is 1. The first-order valence-corrected chi connectivity index (χ1v) is 4.94. The fourth-order valence-corrected chi connectivity index (χ4v) is 1.14. The van der Waals surface area contributed by atoms with Crippen LogP contribution in [0.4, 0.5) is 5.69 Å². The Morgan fingerprint density at radius 2 is 1.75 bits per heavy atom. The van der Waals surface area contributed by atoms with Crippen LogP contribution in [0.3, 0.4) is 0 Å². The second kappa shape index (κ2) is 5.75. The average molecular weight is 221 g/mol. The van der Waals surface area contributed by atoms with Gasteiger partial charge in [0.05, 0.1) is 6.54 Å². The van der Waals surface area contributed by atoms with Gasteiger partial charge in [-0.1, -0.05) is 0 Å². The molecule has 16 heavy (non-hydrogen) atoms. The number of nitrogens with one attached hydrogen (secondary N) is 3. The molecule has 0 aliphatic heterocycles. The van der Waals surface area contributed by atoms with Crippen LogP contribution in [0.2, 0.25) is 0 Å². The normalized spacial score (nSPS) is 9.38. The molecule has 5 nitrogen and oxygen atoms in total. The van der Waals surface area contributed by atoms with Crippen LogP contribution in [0.25, 0.3) is 0 Å². The monoisotopic (exact) mass is 221 g/mol. The predicted molar refractivity (Wildman–Crippen MR) is 62.4 cm³/mol. The number of rotatable bonds is 4. The summed E-state index contributed by atoms with van der Waals surface area (Å²) in [5.74, 6) is -0.480. The smallest absolute Gasteiger partial charge is 0.251 e. The van der Waals surface area contributed by atoms with Crippen molar-refractivity contribution in [2.75, 3.05) is 26.0 Å². The van der Waals surface area contributed by atoms with E-state index >= 15 is 0 Å². The molecule has 1 rings (SSSR count). The largest absolute Gasteiger partial charge is 0.388 e. The molecule has 2 amide bonds. The van der Waals surface area contributed by atoms with Crippen molar-refractivity contribution in [3.8, 4) is 0 Å². The maximum Gasteiger partial charge on any atom is 0.251 e. The third-order valence-electron chi connectivity index (χ3n) is 2.12. The first-order chi connectivity index (χ1) is 7.67. The molecule has 0 bridgehead atoms. The van der Waals surface area contributed by atoms with Crippen LogP contribution < -0.4 is 16.0 Å². The van der Waals surface area contributed by atoms with Crippen LogP contribution >= 0.6 is 0 Å². The van der Waals surface area contributed by atoms with Crippen molar-refractivity contribution in [3.63, 3.8) is 0 Å². The van der Waals surface area contributed by atoms with Crippen LogP contribution in [-0.4, -0.2) is 32.5 Å². The zero-order chi connectivity index (χ0) is 12.0. The third-order valence-corrected chi connectivity index (χ3v) is 2.12. The van der Waals surface area contributed by atoms with Crippen molar-refractivity contribution in [1.82, 2.24) is 10.6 Å². The maximum absolute atomic E-state index is 11.6. The summed E-state index contributed by atoms with van der Waals surface area (Å²) < 4.78 is 0. The minimum atomic E-state index is -0.258. The number of anilines is 1. The molecule has 0 spiro atoms. The summed E-state index contributed by atoms with van der Waals surface area (Å²) in [7, 11) is 3.33. The highest BCUT2D eigenvalue weighted by Gasteiger charge is 2.06. The summed E-state index contributed by atoms with van der Waals surface area (Å²) in [6.07, 6.45) is 0. The zero-order valence-corrected chi connectivity index (χ0v) is 9.33. The molecular weight excluding hydrogens is 206 g/mol. The molecule has 86 valence electrons. The van der Waals surface area contributed by atoms with Crippen LogP contribution in [0.1, 0.15) is 10.4 Å². The molecule has 0 aliphatic rings. The van der Waals surface area contributed by atoms with Gasteiger partial charge in [-0.15, -0.1) is 0 Å². The molecule has 0 unspecified atom stereocenters. The summed E-state index contributed by atoms with van der Waals surface area (Å²) in [5.41, 5.74) is 1.46. The standard InChI is InChI=1S/C11H15N3O2/c1-12-9-5-3-8(4-6-9)11(16)14-7-10(15)13-2/h3-6,12H,7H2,1-2H3,(H,13,15)(H,14,16). The minimum Gasteiger partial charge on any atom is -0.388 e. The lowest BCUT2D eigenvalue weighted by Crippen LogP contribution is -2.35.